The van der Waals surface area contributed by atoms with E-state index >= 15 is 0 Å². The zero-order valence-electron chi connectivity index (χ0n) is 10.4. The lowest BCUT2D eigenvalue weighted by atomic mass is 10.1. The molecule has 1 N–H and O–H groups in total. The molecule has 0 spiro atoms. The average molecular weight is 247 g/mol. The summed E-state index contributed by atoms with van der Waals surface area (Å²) in [5, 5.41) is 6.81. The van der Waals surface area contributed by atoms with Gasteiger partial charge in [-0.05, 0) is 25.1 Å². The molecule has 0 aliphatic carbocycles. The monoisotopic (exact) mass is 247 g/mol. The highest BCUT2D eigenvalue weighted by Crippen LogP contribution is 2.25. The number of benzene rings is 1. The highest BCUT2D eigenvalue weighted by atomic mass is 16.5. The summed E-state index contributed by atoms with van der Waals surface area (Å²) in [7, 11) is 2.82. The normalized spacial score (nSPS) is 10.2. The maximum absolute atomic E-state index is 11.5. The van der Waals surface area contributed by atoms with Crippen molar-refractivity contribution in [2.45, 2.75) is 6.92 Å². The summed E-state index contributed by atoms with van der Waals surface area (Å²) >= 11 is 0. The van der Waals surface area contributed by atoms with Crippen LogP contribution in [0.1, 0.15) is 16.2 Å². The standard InChI is InChI=1S/C12H13N3O3/c1-7-13-11(15-14-7)8-4-5-9(12(16)18-3)10(6-8)17-2/h4-6H,1-3H3,(H,13,14,15). The first-order valence-electron chi connectivity index (χ1n) is 5.31. The smallest absolute Gasteiger partial charge is 0.341 e. The second-order valence-corrected chi connectivity index (χ2v) is 3.65. The predicted molar refractivity (Wildman–Crippen MR) is 64.4 cm³/mol. The number of aromatic amines is 1. The summed E-state index contributed by atoms with van der Waals surface area (Å²) in [6.07, 6.45) is 0. The van der Waals surface area contributed by atoms with E-state index in [2.05, 4.69) is 19.9 Å². The van der Waals surface area contributed by atoms with Gasteiger partial charge < -0.3 is 9.47 Å². The summed E-state index contributed by atoms with van der Waals surface area (Å²) in [6, 6.07) is 5.08. The largest absolute Gasteiger partial charge is 0.496 e. The van der Waals surface area contributed by atoms with E-state index < -0.39 is 5.97 Å². The van der Waals surface area contributed by atoms with E-state index in [9.17, 15) is 4.79 Å². The Morgan fingerprint density at radius 3 is 2.67 bits per heavy atom. The first-order valence-corrected chi connectivity index (χ1v) is 5.31. The van der Waals surface area contributed by atoms with Crippen LogP contribution in [0.15, 0.2) is 18.2 Å². The Morgan fingerprint density at radius 1 is 1.33 bits per heavy atom. The predicted octanol–water partition coefficient (Wildman–Crippen LogP) is 1.58. The molecule has 1 heterocycles. The number of esters is 1. The van der Waals surface area contributed by atoms with Gasteiger partial charge in [0, 0.05) is 5.56 Å². The van der Waals surface area contributed by atoms with Gasteiger partial charge in [0.15, 0.2) is 5.82 Å². The van der Waals surface area contributed by atoms with E-state index in [-0.39, 0.29) is 0 Å². The molecule has 0 amide bonds. The molecule has 6 nitrogen and oxygen atoms in total. The topological polar surface area (TPSA) is 77.1 Å². The number of nitrogens with zero attached hydrogens (tertiary/aromatic N) is 2. The Kier molecular flexibility index (Phi) is 3.27. The van der Waals surface area contributed by atoms with Gasteiger partial charge in [0.1, 0.15) is 17.1 Å². The molecule has 18 heavy (non-hydrogen) atoms. The van der Waals surface area contributed by atoms with Gasteiger partial charge in [0.05, 0.1) is 14.2 Å². The molecule has 0 saturated heterocycles. The van der Waals surface area contributed by atoms with Crippen LogP contribution < -0.4 is 4.74 Å². The first kappa shape index (κ1) is 12.1. The van der Waals surface area contributed by atoms with Gasteiger partial charge in [0.25, 0.3) is 0 Å². The van der Waals surface area contributed by atoms with E-state index in [0.29, 0.717) is 17.1 Å². The van der Waals surface area contributed by atoms with Crippen molar-refractivity contribution in [1.82, 2.24) is 15.2 Å². The summed E-state index contributed by atoms with van der Waals surface area (Å²) in [5.74, 6) is 1.27. The minimum Gasteiger partial charge on any atom is -0.496 e. The number of aromatic nitrogens is 3. The Hall–Kier alpha value is -2.37. The molecule has 0 fully saturated rings. The van der Waals surface area contributed by atoms with Crippen LogP contribution in [0.5, 0.6) is 5.75 Å². The average Bonchev–Trinajstić information content (AvgIpc) is 2.83. The summed E-state index contributed by atoms with van der Waals surface area (Å²) in [5.41, 5.74) is 1.14. The van der Waals surface area contributed by atoms with E-state index in [1.54, 1.807) is 18.2 Å². The van der Waals surface area contributed by atoms with Crippen molar-refractivity contribution >= 4 is 5.97 Å². The van der Waals surface area contributed by atoms with E-state index in [1.807, 2.05) is 6.92 Å². The number of methoxy groups -OCH3 is 2. The molecule has 0 saturated carbocycles. The molecular weight excluding hydrogens is 234 g/mol. The number of ether oxygens (including phenoxy) is 2. The van der Waals surface area contributed by atoms with Crippen LogP contribution in [0.3, 0.4) is 0 Å². The van der Waals surface area contributed by atoms with Gasteiger partial charge in [0.2, 0.25) is 0 Å². The van der Waals surface area contributed by atoms with Gasteiger partial charge in [-0.1, -0.05) is 0 Å². The highest BCUT2D eigenvalue weighted by Gasteiger charge is 2.14. The van der Waals surface area contributed by atoms with Crippen LogP contribution >= 0.6 is 0 Å². The van der Waals surface area contributed by atoms with Gasteiger partial charge in [-0.25, -0.2) is 9.78 Å². The second kappa shape index (κ2) is 4.87. The molecule has 0 radical (unpaired) electrons. The zero-order valence-corrected chi connectivity index (χ0v) is 10.4. The molecule has 0 bridgehead atoms. The van der Waals surface area contributed by atoms with Crippen molar-refractivity contribution in [2.24, 2.45) is 0 Å². The lowest BCUT2D eigenvalue weighted by molar-refractivity contribution is 0.0597. The van der Waals surface area contributed by atoms with Crippen LogP contribution in [0.4, 0.5) is 0 Å². The number of carbonyl (C=O) groups excluding carboxylic acids is 1. The summed E-state index contributed by atoms with van der Waals surface area (Å²) in [6.45, 7) is 1.82. The first-order chi connectivity index (χ1) is 8.65. The Balaban J connectivity index is 2.44. The van der Waals surface area contributed by atoms with E-state index in [1.165, 1.54) is 14.2 Å². The highest BCUT2D eigenvalue weighted by molar-refractivity contribution is 5.93. The second-order valence-electron chi connectivity index (χ2n) is 3.65. The number of H-pyrrole nitrogens is 1. The fraction of sp³-hybridized carbons (Fsp3) is 0.250. The maximum atomic E-state index is 11.5. The molecule has 0 unspecified atom stereocenters. The maximum Gasteiger partial charge on any atom is 0.341 e. The molecule has 6 heteroatoms. The number of hydrogen-bond acceptors (Lipinski definition) is 5. The Labute approximate surface area is 104 Å². The van der Waals surface area contributed by atoms with Crippen molar-refractivity contribution in [3.8, 4) is 17.1 Å². The minimum atomic E-state index is -0.440. The Morgan fingerprint density at radius 2 is 2.11 bits per heavy atom. The van der Waals surface area contributed by atoms with E-state index in [0.717, 1.165) is 11.4 Å². The van der Waals surface area contributed by atoms with Gasteiger partial charge in [-0.15, -0.1) is 0 Å². The van der Waals surface area contributed by atoms with Crippen LogP contribution in [0, 0.1) is 6.92 Å². The van der Waals surface area contributed by atoms with Crippen LogP contribution in [0.25, 0.3) is 11.4 Å². The third kappa shape index (κ3) is 2.17. The third-order valence-corrected chi connectivity index (χ3v) is 2.46. The summed E-state index contributed by atoms with van der Waals surface area (Å²) in [4.78, 5) is 15.7. The number of rotatable bonds is 3. The number of nitrogens with one attached hydrogen (secondary N) is 1. The van der Waals surface area contributed by atoms with Gasteiger partial charge in [-0.3, -0.25) is 5.10 Å². The van der Waals surface area contributed by atoms with Crippen LogP contribution in [0.2, 0.25) is 0 Å². The zero-order chi connectivity index (χ0) is 13.1. The molecule has 2 aromatic rings. The molecule has 0 aliphatic heterocycles. The third-order valence-electron chi connectivity index (χ3n) is 2.46. The molecule has 2 rings (SSSR count). The lowest BCUT2D eigenvalue weighted by Gasteiger charge is -2.07. The molecular formula is C12H13N3O3. The molecule has 1 aromatic heterocycles. The van der Waals surface area contributed by atoms with Crippen molar-refractivity contribution in [2.75, 3.05) is 14.2 Å². The van der Waals surface area contributed by atoms with Gasteiger partial charge in [-0.2, -0.15) is 5.10 Å². The number of carbonyl (C=O) groups is 1. The fourth-order valence-corrected chi connectivity index (χ4v) is 1.58. The lowest BCUT2D eigenvalue weighted by Crippen LogP contribution is -2.04. The van der Waals surface area contributed by atoms with Crippen LogP contribution in [-0.4, -0.2) is 35.4 Å². The van der Waals surface area contributed by atoms with Crippen molar-refractivity contribution < 1.29 is 14.3 Å². The summed E-state index contributed by atoms with van der Waals surface area (Å²) < 4.78 is 9.84. The van der Waals surface area contributed by atoms with E-state index in [4.69, 9.17) is 4.74 Å². The molecule has 0 aliphatic rings. The minimum absolute atomic E-state index is 0.371. The van der Waals surface area contributed by atoms with Crippen molar-refractivity contribution in [3.05, 3.63) is 29.6 Å². The SMILES string of the molecule is COC(=O)c1ccc(-c2n[nH]c(C)n2)cc1OC. The number of hydrogen-bond donors (Lipinski definition) is 1. The number of aryl methyl sites for hydroxylation is 1. The molecule has 94 valence electrons. The fourth-order valence-electron chi connectivity index (χ4n) is 1.58. The van der Waals surface area contributed by atoms with Crippen LogP contribution in [-0.2, 0) is 4.74 Å². The van der Waals surface area contributed by atoms with Crippen molar-refractivity contribution in [1.29, 1.82) is 0 Å². The quantitative estimate of drug-likeness (QED) is 0.833. The van der Waals surface area contributed by atoms with Gasteiger partial charge >= 0.3 is 5.97 Å². The molecule has 1 aromatic carbocycles. The Bertz CT molecular complexity index is 578. The van der Waals surface area contributed by atoms with Crippen molar-refractivity contribution in [3.63, 3.8) is 0 Å². The molecule has 0 atom stereocenters.